The summed E-state index contributed by atoms with van der Waals surface area (Å²) in [5.74, 6) is 10.4. The Bertz CT molecular complexity index is 203. The molecule has 12 heavy (non-hydrogen) atoms. The molecule has 0 aliphatic heterocycles. The molecule has 0 unspecified atom stereocenters. The maximum atomic E-state index is 5.22. The van der Waals surface area contributed by atoms with E-state index in [-0.39, 0.29) is 0 Å². The Labute approximate surface area is 72.0 Å². The average Bonchev–Trinajstić information content (AvgIpc) is 2.05. The summed E-state index contributed by atoms with van der Waals surface area (Å²) in [5, 5.41) is 7.35. The van der Waals surface area contributed by atoms with E-state index in [1.54, 1.807) is 0 Å². The highest BCUT2D eigenvalue weighted by Crippen LogP contribution is 2.07. The summed E-state index contributed by atoms with van der Waals surface area (Å²) < 4.78 is 0. The van der Waals surface area contributed by atoms with Crippen molar-refractivity contribution in [2.45, 2.75) is 25.7 Å². The van der Waals surface area contributed by atoms with Crippen LogP contribution in [0.15, 0.2) is 22.4 Å². The Kier molecular flexibility index (Phi) is 3.32. The van der Waals surface area contributed by atoms with Crippen LogP contribution in [0.2, 0.25) is 0 Å². The lowest BCUT2D eigenvalue weighted by Crippen LogP contribution is -2.18. The normalized spacial score (nSPS) is 25.7. The minimum absolute atomic E-state index is 0.835. The summed E-state index contributed by atoms with van der Waals surface area (Å²) in [4.78, 5) is 0. The van der Waals surface area contributed by atoms with E-state index >= 15 is 0 Å². The van der Waals surface area contributed by atoms with Crippen LogP contribution in [0.25, 0.3) is 0 Å². The fourth-order valence-electron chi connectivity index (χ4n) is 1.24. The zero-order valence-corrected chi connectivity index (χ0v) is 7.03. The van der Waals surface area contributed by atoms with E-state index < -0.39 is 0 Å². The molecule has 0 saturated heterocycles. The van der Waals surface area contributed by atoms with Crippen molar-refractivity contribution in [3.8, 4) is 0 Å². The van der Waals surface area contributed by atoms with E-state index in [0.717, 1.165) is 37.1 Å². The van der Waals surface area contributed by atoms with E-state index in [1.165, 1.54) is 0 Å². The van der Waals surface area contributed by atoms with Crippen molar-refractivity contribution in [3.63, 3.8) is 0 Å². The van der Waals surface area contributed by atoms with Crippen molar-refractivity contribution < 1.29 is 0 Å². The number of hydrogen-bond donors (Lipinski definition) is 2. The van der Waals surface area contributed by atoms with Gasteiger partial charge in [0.15, 0.2) is 0 Å². The van der Waals surface area contributed by atoms with Crippen LogP contribution in [0.4, 0.5) is 0 Å². The Morgan fingerprint density at radius 3 is 1.67 bits per heavy atom. The third-order valence-electron chi connectivity index (χ3n) is 1.91. The summed E-state index contributed by atoms with van der Waals surface area (Å²) in [5.41, 5.74) is 1.67. The molecule has 4 N–H and O–H groups in total. The predicted molar refractivity (Wildman–Crippen MR) is 50.9 cm³/mol. The van der Waals surface area contributed by atoms with Crippen molar-refractivity contribution >= 4 is 11.4 Å². The van der Waals surface area contributed by atoms with Crippen molar-refractivity contribution in [1.29, 1.82) is 0 Å². The van der Waals surface area contributed by atoms with Crippen molar-refractivity contribution in [1.82, 2.24) is 0 Å². The molecule has 0 aromatic rings. The van der Waals surface area contributed by atoms with Crippen LogP contribution in [0.3, 0.4) is 0 Å². The highest BCUT2D eigenvalue weighted by Gasteiger charge is 2.09. The average molecular weight is 166 g/mol. The molecule has 0 radical (unpaired) electrons. The summed E-state index contributed by atoms with van der Waals surface area (Å²) in [7, 11) is 0. The minimum atomic E-state index is 0.835. The van der Waals surface area contributed by atoms with Crippen molar-refractivity contribution in [3.05, 3.63) is 12.2 Å². The van der Waals surface area contributed by atoms with E-state index in [2.05, 4.69) is 22.4 Å². The van der Waals surface area contributed by atoms with Gasteiger partial charge in [0.1, 0.15) is 0 Å². The van der Waals surface area contributed by atoms with Crippen LogP contribution in [0.5, 0.6) is 0 Å². The molecule has 1 rings (SSSR count). The molecule has 0 amide bonds. The first kappa shape index (κ1) is 8.77. The van der Waals surface area contributed by atoms with Gasteiger partial charge in [0.25, 0.3) is 0 Å². The highest BCUT2D eigenvalue weighted by atomic mass is 15.2. The number of nitrogens with zero attached hydrogens (tertiary/aromatic N) is 2. The predicted octanol–water partition coefficient (Wildman–Crippen LogP) is 0.746. The smallest absolute Gasteiger partial charge is 0.0835 e. The minimum Gasteiger partial charge on any atom is -0.323 e. The van der Waals surface area contributed by atoms with Gasteiger partial charge in [-0.15, -0.1) is 0 Å². The van der Waals surface area contributed by atoms with Gasteiger partial charge in [-0.25, -0.2) is 0 Å². The third-order valence-corrected chi connectivity index (χ3v) is 1.91. The molecule has 0 aromatic heterocycles. The summed E-state index contributed by atoms with van der Waals surface area (Å²) >= 11 is 0. The Hall–Kier alpha value is -1.32. The number of nitrogens with two attached hydrogens (primary N) is 2. The fraction of sp³-hybridized carbons (Fsp3) is 0.500. The van der Waals surface area contributed by atoms with Gasteiger partial charge < -0.3 is 11.7 Å². The van der Waals surface area contributed by atoms with Gasteiger partial charge in [-0.2, -0.15) is 10.2 Å². The maximum Gasteiger partial charge on any atom is 0.0835 e. The molecule has 0 fully saturated rings. The SMILES string of the molecule is NN=C1CCC=CCCC1=NN. The van der Waals surface area contributed by atoms with Gasteiger partial charge in [0, 0.05) is 0 Å². The van der Waals surface area contributed by atoms with E-state index in [4.69, 9.17) is 11.7 Å². The molecule has 0 aromatic carbocycles. The van der Waals surface area contributed by atoms with Gasteiger partial charge >= 0.3 is 0 Å². The maximum absolute atomic E-state index is 5.22. The van der Waals surface area contributed by atoms with Crippen LogP contribution in [-0.2, 0) is 0 Å². The van der Waals surface area contributed by atoms with Crippen LogP contribution in [0, 0.1) is 0 Å². The third kappa shape index (κ3) is 2.08. The molecule has 4 heteroatoms. The Morgan fingerprint density at radius 1 is 0.917 bits per heavy atom. The van der Waals surface area contributed by atoms with Gasteiger partial charge in [-0.05, 0) is 25.7 Å². The van der Waals surface area contributed by atoms with Gasteiger partial charge in [-0.3, -0.25) is 0 Å². The molecule has 1 aliphatic rings. The topological polar surface area (TPSA) is 76.8 Å². The first-order valence-corrected chi connectivity index (χ1v) is 4.07. The van der Waals surface area contributed by atoms with E-state index in [0.29, 0.717) is 0 Å². The van der Waals surface area contributed by atoms with Crippen molar-refractivity contribution in [2.24, 2.45) is 21.9 Å². The fourth-order valence-corrected chi connectivity index (χ4v) is 1.24. The molecule has 0 atom stereocenters. The lowest BCUT2D eigenvalue weighted by Gasteiger charge is -2.07. The molecular weight excluding hydrogens is 152 g/mol. The van der Waals surface area contributed by atoms with Crippen LogP contribution in [-0.4, -0.2) is 11.4 Å². The highest BCUT2D eigenvalue weighted by molar-refractivity contribution is 6.42. The second-order valence-corrected chi connectivity index (χ2v) is 2.70. The largest absolute Gasteiger partial charge is 0.323 e. The first-order valence-electron chi connectivity index (χ1n) is 4.07. The lowest BCUT2D eigenvalue weighted by atomic mass is 10.0. The van der Waals surface area contributed by atoms with Crippen LogP contribution < -0.4 is 11.7 Å². The monoisotopic (exact) mass is 166 g/mol. The number of hydrogen-bond acceptors (Lipinski definition) is 4. The molecule has 0 spiro atoms. The van der Waals surface area contributed by atoms with Gasteiger partial charge in [0.2, 0.25) is 0 Å². The van der Waals surface area contributed by atoms with E-state index in [1.807, 2.05) is 0 Å². The summed E-state index contributed by atoms with van der Waals surface area (Å²) in [6.45, 7) is 0. The molecule has 1 aliphatic carbocycles. The second-order valence-electron chi connectivity index (χ2n) is 2.70. The quantitative estimate of drug-likeness (QED) is 0.316. The molecule has 0 heterocycles. The first-order chi connectivity index (χ1) is 5.88. The molecule has 66 valence electrons. The Balaban J connectivity index is 2.75. The summed E-state index contributed by atoms with van der Waals surface area (Å²) in [6.07, 6.45) is 7.88. The van der Waals surface area contributed by atoms with Gasteiger partial charge in [0.05, 0.1) is 11.4 Å². The number of rotatable bonds is 0. The molecular formula is C8H14N4. The van der Waals surface area contributed by atoms with Crippen LogP contribution >= 0.6 is 0 Å². The lowest BCUT2D eigenvalue weighted by molar-refractivity contribution is 1.00. The van der Waals surface area contributed by atoms with Crippen LogP contribution in [0.1, 0.15) is 25.7 Å². The molecule has 4 nitrogen and oxygen atoms in total. The standard InChI is InChI=1S/C8H14N4/c9-11-7-5-3-1-2-4-6-8(7)12-10/h1-2H,3-6,9-10H2. The zero-order valence-electron chi connectivity index (χ0n) is 7.03. The molecule has 0 bridgehead atoms. The van der Waals surface area contributed by atoms with E-state index in [9.17, 15) is 0 Å². The number of allylic oxidation sites excluding steroid dienone is 2. The molecule has 0 saturated carbocycles. The van der Waals surface area contributed by atoms with Gasteiger partial charge in [-0.1, -0.05) is 12.2 Å². The van der Waals surface area contributed by atoms with Crippen molar-refractivity contribution in [2.75, 3.05) is 0 Å². The number of hydrazone groups is 2. The second kappa shape index (κ2) is 4.54. The Morgan fingerprint density at radius 2 is 1.33 bits per heavy atom. The zero-order chi connectivity index (χ0) is 8.81. The summed E-state index contributed by atoms with van der Waals surface area (Å²) in [6, 6.07) is 0.